The van der Waals surface area contributed by atoms with E-state index in [-0.39, 0.29) is 5.56 Å². The molecule has 2 heterocycles. The van der Waals surface area contributed by atoms with E-state index in [9.17, 15) is 8.78 Å². The Kier molecular flexibility index (Phi) is 4.73. The molecule has 4 aromatic rings. The highest BCUT2D eigenvalue weighted by molar-refractivity contribution is 5.79. The van der Waals surface area contributed by atoms with E-state index in [1.165, 1.54) is 6.07 Å². The van der Waals surface area contributed by atoms with Gasteiger partial charge in [0.15, 0.2) is 0 Å². The fourth-order valence-electron chi connectivity index (χ4n) is 3.25. The summed E-state index contributed by atoms with van der Waals surface area (Å²) in [6, 6.07) is 10.6. The van der Waals surface area contributed by atoms with Crippen molar-refractivity contribution in [2.24, 2.45) is 0 Å². The second-order valence-corrected chi connectivity index (χ2v) is 6.77. The zero-order chi connectivity index (χ0) is 20.6. The molecule has 148 valence electrons. The van der Waals surface area contributed by atoms with Gasteiger partial charge in [0.25, 0.3) is 5.92 Å². The van der Waals surface area contributed by atoms with Crippen molar-refractivity contribution in [3.8, 4) is 0 Å². The molecule has 29 heavy (non-hydrogen) atoms. The first kappa shape index (κ1) is 19.0. The zero-order valence-corrected chi connectivity index (χ0v) is 15.2. The fourth-order valence-corrected chi connectivity index (χ4v) is 3.25. The Balaban J connectivity index is 1.82. The minimum absolute atomic E-state index is 0.349. The molecule has 9 heteroatoms. The van der Waals surface area contributed by atoms with Crippen molar-refractivity contribution >= 4 is 10.9 Å². The van der Waals surface area contributed by atoms with Gasteiger partial charge in [-0.15, -0.1) is 5.10 Å². The maximum absolute atomic E-state index is 15.6. The maximum atomic E-state index is 15.6. The minimum atomic E-state index is -3.58. The van der Waals surface area contributed by atoms with Crippen molar-refractivity contribution in [2.75, 3.05) is 0 Å². The van der Waals surface area contributed by atoms with Crippen LogP contribution in [0.5, 0.6) is 0 Å². The quantitative estimate of drug-likeness (QED) is 0.466. The third-order valence-electron chi connectivity index (χ3n) is 4.72. The molecule has 0 fully saturated rings. The van der Waals surface area contributed by atoms with Crippen LogP contribution < -0.4 is 0 Å². The van der Waals surface area contributed by atoms with Crippen LogP contribution in [0, 0.1) is 18.6 Å². The summed E-state index contributed by atoms with van der Waals surface area (Å²) in [4.78, 5) is 4.10. The first-order valence-electron chi connectivity index (χ1n) is 8.76. The number of halogens is 4. The first-order chi connectivity index (χ1) is 13.8. The number of fused-ring (bicyclic) bond motifs is 1. The normalized spacial score (nSPS) is 13.0. The van der Waals surface area contributed by atoms with Crippen molar-refractivity contribution in [2.45, 2.75) is 25.3 Å². The number of hydrogen-bond acceptors (Lipinski definition) is 4. The zero-order valence-electron chi connectivity index (χ0n) is 15.2. The average Bonchev–Trinajstić information content (AvgIpc) is 3.19. The number of pyridine rings is 1. The van der Waals surface area contributed by atoms with Gasteiger partial charge in [0.1, 0.15) is 23.7 Å². The standard InChI is InChI=1S/C20H15F4N5/c1-12-2-6-18-13(8-12)3-7-19(26-18)20(23,24)16(10-29-11-25-27-28-29)15-5-4-14(21)9-17(15)22/h2-9,11,16H,10H2,1H3. The Hall–Kier alpha value is -3.36. The van der Waals surface area contributed by atoms with Gasteiger partial charge in [-0.2, -0.15) is 8.78 Å². The van der Waals surface area contributed by atoms with E-state index in [4.69, 9.17) is 0 Å². The van der Waals surface area contributed by atoms with Gasteiger partial charge in [0.2, 0.25) is 0 Å². The van der Waals surface area contributed by atoms with Crippen LogP contribution in [0.3, 0.4) is 0 Å². The third-order valence-corrected chi connectivity index (χ3v) is 4.72. The lowest BCUT2D eigenvalue weighted by molar-refractivity contribution is -0.0452. The summed E-state index contributed by atoms with van der Waals surface area (Å²) in [6.45, 7) is 1.47. The summed E-state index contributed by atoms with van der Waals surface area (Å²) in [5, 5.41) is 11.2. The predicted molar refractivity (Wildman–Crippen MR) is 97.3 cm³/mol. The van der Waals surface area contributed by atoms with E-state index < -0.39 is 35.7 Å². The Bertz CT molecular complexity index is 1160. The Morgan fingerprint density at radius 2 is 1.86 bits per heavy atom. The lowest BCUT2D eigenvalue weighted by Gasteiger charge is -2.27. The minimum Gasteiger partial charge on any atom is -0.246 e. The highest BCUT2D eigenvalue weighted by Crippen LogP contribution is 2.43. The Labute approximate surface area is 163 Å². The van der Waals surface area contributed by atoms with Crippen molar-refractivity contribution < 1.29 is 17.6 Å². The van der Waals surface area contributed by atoms with Gasteiger partial charge in [-0.25, -0.2) is 18.4 Å². The van der Waals surface area contributed by atoms with Gasteiger partial charge >= 0.3 is 0 Å². The first-order valence-corrected chi connectivity index (χ1v) is 8.76. The van der Waals surface area contributed by atoms with Gasteiger partial charge in [0, 0.05) is 11.5 Å². The number of hydrogen-bond donors (Lipinski definition) is 0. The second-order valence-electron chi connectivity index (χ2n) is 6.77. The topological polar surface area (TPSA) is 56.5 Å². The molecule has 1 unspecified atom stereocenters. The van der Waals surface area contributed by atoms with E-state index in [1.807, 2.05) is 13.0 Å². The molecule has 2 aromatic heterocycles. The van der Waals surface area contributed by atoms with Gasteiger partial charge in [0.05, 0.1) is 18.0 Å². The van der Waals surface area contributed by atoms with Crippen LogP contribution in [0.4, 0.5) is 17.6 Å². The summed E-state index contributed by atoms with van der Waals surface area (Å²) in [6.07, 6.45) is 1.15. The largest absolute Gasteiger partial charge is 0.298 e. The molecule has 2 aromatic carbocycles. The Morgan fingerprint density at radius 3 is 2.59 bits per heavy atom. The molecule has 0 aliphatic rings. The van der Waals surface area contributed by atoms with Crippen LogP contribution in [-0.4, -0.2) is 25.2 Å². The third kappa shape index (κ3) is 3.67. The van der Waals surface area contributed by atoms with Crippen LogP contribution in [0.1, 0.15) is 22.7 Å². The molecule has 1 atom stereocenters. The number of alkyl halides is 2. The molecular weight excluding hydrogens is 386 g/mol. The van der Waals surface area contributed by atoms with Crippen LogP contribution in [0.15, 0.2) is 54.9 Å². The van der Waals surface area contributed by atoms with Gasteiger partial charge < -0.3 is 0 Å². The maximum Gasteiger partial charge on any atom is 0.298 e. The van der Waals surface area contributed by atoms with Gasteiger partial charge in [-0.1, -0.05) is 23.8 Å². The van der Waals surface area contributed by atoms with E-state index in [0.717, 1.165) is 34.1 Å². The van der Waals surface area contributed by atoms with Gasteiger partial charge in [-0.05, 0) is 47.2 Å². The van der Waals surface area contributed by atoms with Gasteiger partial charge in [-0.3, -0.25) is 0 Å². The molecule has 0 spiro atoms. The van der Waals surface area contributed by atoms with E-state index >= 15 is 8.78 Å². The molecule has 0 aliphatic carbocycles. The van der Waals surface area contributed by atoms with E-state index in [1.54, 1.807) is 18.2 Å². The molecule has 0 N–H and O–H groups in total. The summed E-state index contributed by atoms with van der Waals surface area (Å²) >= 11 is 0. The van der Waals surface area contributed by atoms with Crippen LogP contribution in [0.2, 0.25) is 0 Å². The number of benzene rings is 2. The predicted octanol–water partition coefficient (Wildman–Crippen LogP) is 4.38. The summed E-state index contributed by atoms with van der Waals surface area (Å²) in [5.41, 5.74) is 0.505. The molecule has 0 amide bonds. The summed E-state index contributed by atoms with van der Waals surface area (Å²) in [7, 11) is 0. The lowest BCUT2D eigenvalue weighted by Crippen LogP contribution is -2.30. The molecule has 0 saturated heterocycles. The molecular formula is C20H15F4N5. The van der Waals surface area contributed by atoms with Crippen molar-refractivity contribution in [3.05, 3.63) is 83.3 Å². The number of rotatable bonds is 5. The molecule has 0 saturated carbocycles. The van der Waals surface area contributed by atoms with Crippen molar-refractivity contribution in [1.29, 1.82) is 0 Å². The van der Waals surface area contributed by atoms with Crippen LogP contribution >= 0.6 is 0 Å². The molecule has 0 bridgehead atoms. The monoisotopic (exact) mass is 401 g/mol. The smallest absolute Gasteiger partial charge is 0.246 e. The van der Waals surface area contributed by atoms with Crippen LogP contribution in [0.25, 0.3) is 10.9 Å². The van der Waals surface area contributed by atoms with Crippen molar-refractivity contribution in [3.63, 3.8) is 0 Å². The number of aromatic nitrogens is 5. The lowest BCUT2D eigenvalue weighted by atomic mass is 9.89. The fraction of sp³-hybridized carbons (Fsp3) is 0.200. The highest BCUT2D eigenvalue weighted by Gasteiger charge is 2.45. The average molecular weight is 401 g/mol. The number of aryl methyl sites for hydroxylation is 1. The van der Waals surface area contributed by atoms with Crippen molar-refractivity contribution in [1.82, 2.24) is 25.2 Å². The van der Waals surface area contributed by atoms with E-state index in [2.05, 4.69) is 20.5 Å². The van der Waals surface area contributed by atoms with Crippen LogP contribution in [-0.2, 0) is 12.5 Å². The summed E-state index contributed by atoms with van der Waals surface area (Å²) in [5.74, 6) is -7.21. The SMILES string of the molecule is Cc1ccc2nc(C(F)(F)C(Cn3cnnn3)c3ccc(F)cc3F)ccc2c1. The molecule has 0 aliphatic heterocycles. The van der Waals surface area contributed by atoms with E-state index in [0.29, 0.717) is 11.6 Å². The molecule has 5 nitrogen and oxygen atoms in total. The number of nitrogens with zero attached hydrogens (tertiary/aromatic N) is 5. The second kappa shape index (κ2) is 7.23. The molecule has 0 radical (unpaired) electrons. The highest BCUT2D eigenvalue weighted by atomic mass is 19.3. The summed E-state index contributed by atoms with van der Waals surface area (Å²) < 4.78 is 60.0. The Morgan fingerprint density at radius 1 is 1.03 bits per heavy atom. The molecule has 4 rings (SSSR count). The number of tetrazole rings is 1.